The molecule has 2 N–H and O–H groups in total. The molecular weight excluding hydrogens is 456 g/mol. The second-order valence-electron chi connectivity index (χ2n) is 9.37. The van der Waals surface area contributed by atoms with Crippen LogP contribution in [0.1, 0.15) is 54.4 Å². The molecule has 0 spiro atoms. The van der Waals surface area contributed by atoms with Crippen LogP contribution in [0.3, 0.4) is 0 Å². The van der Waals surface area contributed by atoms with Crippen LogP contribution in [-0.2, 0) is 9.59 Å². The molecule has 0 bridgehead atoms. The predicted octanol–water partition coefficient (Wildman–Crippen LogP) is 5.00. The first-order valence-corrected chi connectivity index (χ1v) is 12.4. The summed E-state index contributed by atoms with van der Waals surface area (Å²) in [6.07, 6.45) is 4.32. The molecule has 188 valence electrons. The number of nitrogens with zero attached hydrogens (tertiary/aromatic N) is 2. The van der Waals surface area contributed by atoms with E-state index in [4.69, 9.17) is 10.2 Å². The lowest BCUT2D eigenvalue weighted by molar-refractivity contribution is -0.140. The van der Waals surface area contributed by atoms with E-state index < -0.39 is 30.9 Å². The second-order valence-corrected chi connectivity index (χ2v) is 9.37. The number of hydrogen-bond donors (Lipinski definition) is 2. The van der Waals surface area contributed by atoms with Crippen LogP contribution in [-0.4, -0.2) is 58.6 Å². The van der Waals surface area contributed by atoms with Gasteiger partial charge in [0.2, 0.25) is 0 Å². The molecule has 36 heavy (non-hydrogen) atoms. The van der Waals surface area contributed by atoms with Crippen LogP contribution >= 0.6 is 0 Å². The standard InChI is InChI=1S/C29H32N2O5/c1-2-31(26-12-6-8-21-7-3-4-11-25(21)26)24-10-5-9-23(17-24)20-13-15-22(16-14-20)29(36)30(18-27(32)33)19-28(34)35/h3-4,6-8,11-16,23-24H,2,5,9-10,17-19H2,1H3,(H,32,33)(H,34,35). The van der Waals surface area contributed by atoms with Crippen molar-refractivity contribution in [3.63, 3.8) is 0 Å². The molecule has 2 unspecified atom stereocenters. The number of rotatable bonds is 9. The smallest absolute Gasteiger partial charge is 0.323 e. The van der Waals surface area contributed by atoms with E-state index in [9.17, 15) is 14.4 Å². The number of amides is 1. The molecule has 3 aromatic rings. The number of carbonyl (C=O) groups excluding carboxylic acids is 1. The third kappa shape index (κ3) is 5.67. The average molecular weight is 489 g/mol. The molecule has 7 heteroatoms. The first-order valence-electron chi connectivity index (χ1n) is 12.4. The van der Waals surface area contributed by atoms with Gasteiger partial charge in [-0.2, -0.15) is 0 Å². The number of fused-ring (bicyclic) bond motifs is 1. The Hall–Kier alpha value is -3.87. The molecule has 3 aromatic carbocycles. The van der Waals surface area contributed by atoms with Crippen LogP contribution < -0.4 is 4.90 Å². The summed E-state index contributed by atoms with van der Waals surface area (Å²) in [5.41, 5.74) is 2.70. The average Bonchev–Trinajstić information content (AvgIpc) is 2.88. The number of aliphatic carboxylic acids is 2. The van der Waals surface area contributed by atoms with Gasteiger partial charge in [0.1, 0.15) is 13.1 Å². The largest absolute Gasteiger partial charge is 0.480 e. The van der Waals surface area contributed by atoms with Crippen molar-refractivity contribution in [2.24, 2.45) is 0 Å². The van der Waals surface area contributed by atoms with E-state index in [1.54, 1.807) is 12.1 Å². The Balaban J connectivity index is 1.51. The van der Waals surface area contributed by atoms with Crippen molar-refractivity contribution in [1.82, 2.24) is 4.90 Å². The first kappa shape index (κ1) is 25.2. The van der Waals surface area contributed by atoms with Gasteiger partial charge in [-0.05, 0) is 61.3 Å². The monoisotopic (exact) mass is 488 g/mol. The highest BCUT2D eigenvalue weighted by atomic mass is 16.4. The second kappa shape index (κ2) is 11.2. The van der Waals surface area contributed by atoms with Crippen molar-refractivity contribution < 1.29 is 24.6 Å². The van der Waals surface area contributed by atoms with Crippen LogP contribution in [0.25, 0.3) is 10.8 Å². The first-order chi connectivity index (χ1) is 17.4. The van der Waals surface area contributed by atoms with Gasteiger partial charge in [-0.15, -0.1) is 0 Å². The summed E-state index contributed by atoms with van der Waals surface area (Å²) >= 11 is 0. The van der Waals surface area contributed by atoms with Crippen LogP contribution in [0.5, 0.6) is 0 Å². The van der Waals surface area contributed by atoms with Crippen molar-refractivity contribution in [1.29, 1.82) is 0 Å². The summed E-state index contributed by atoms with van der Waals surface area (Å²) in [6.45, 7) is 1.81. The van der Waals surface area contributed by atoms with Gasteiger partial charge in [0, 0.05) is 29.2 Å². The van der Waals surface area contributed by atoms with Gasteiger partial charge < -0.3 is 20.0 Å². The molecule has 4 rings (SSSR count). The fourth-order valence-electron chi connectivity index (χ4n) is 5.44. The molecule has 1 aliphatic rings. The van der Waals surface area contributed by atoms with E-state index in [0.29, 0.717) is 17.5 Å². The van der Waals surface area contributed by atoms with E-state index >= 15 is 0 Å². The van der Waals surface area contributed by atoms with Gasteiger partial charge in [-0.3, -0.25) is 14.4 Å². The fraction of sp³-hybridized carbons (Fsp3) is 0.345. The Morgan fingerprint density at radius 3 is 2.19 bits per heavy atom. The van der Waals surface area contributed by atoms with Gasteiger partial charge in [-0.25, -0.2) is 0 Å². The fourth-order valence-corrected chi connectivity index (χ4v) is 5.44. The van der Waals surface area contributed by atoms with Crippen molar-refractivity contribution in [2.75, 3.05) is 24.5 Å². The van der Waals surface area contributed by atoms with Crippen molar-refractivity contribution >= 4 is 34.3 Å². The van der Waals surface area contributed by atoms with E-state index in [0.717, 1.165) is 42.7 Å². The number of carbonyl (C=O) groups is 3. The van der Waals surface area contributed by atoms with E-state index in [1.807, 2.05) is 12.1 Å². The quantitative estimate of drug-likeness (QED) is 0.440. The molecule has 0 aromatic heterocycles. The van der Waals surface area contributed by atoms with Crippen molar-refractivity contribution in [2.45, 2.75) is 44.6 Å². The minimum Gasteiger partial charge on any atom is -0.480 e. The van der Waals surface area contributed by atoms with Crippen molar-refractivity contribution in [3.8, 4) is 0 Å². The Kier molecular flexibility index (Phi) is 7.88. The maximum absolute atomic E-state index is 12.7. The minimum absolute atomic E-state index is 0.291. The highest BCUT2D eigenvalue weighted by Crippen LogP contribution is 2.38. The van der Waals surface area contributed by atoms with Crippen molar-refractivity contribution in [3.05, 3.63) is 77.9 Å². The zero-order valence-electron chi connectivity index (χ0n) is 20.5. The summed E-state index contributed by atoms with van der Waals surface area (Å²) in [5.74, 6) is -2.74. The Bertz CT molecular complexity index is 1220. The molecule has 1 saturated carbocycles. The van der Waals surface area contributed by atoms with Gasteiger partial charge in [-0.1, -0.05) is 55.0 Å². The summed E-state index contributed by atoms with van der Waals surface area (Å²) in [6, 6.07) is 22.6. The molecule has 1 amide bonds. The number of hydrogen-bond acceptors (Lipinski definition) is 4. The molecular formula is C29H32N2O5. The highest BCUT2D eigenvalue weighted by molar-refractivity contribution is 5.97. The maximum Gasteiger partial charge on any atom is 0.323 e. The summed E-state index contributed by atoms with van der Waals surface area (Å²) in [4.78, 5) is 38.3. The van der Waals surface area contributed by atoms with Crippen LogP contribution in [0, 0.1) is 0 Å². The lowest BCUT2D eigenvalue weighted by atomic mass is 9.80. The van der Waals surface area contributed by atoms with E-state index in [-0.39, 0.29) is 0 Å². The molecule has 1 aliphatic carbocycles. The van der Waals surface area contributed by atoms with E-state index in [2.05, 4.69) is 54.3 Å². The lowest BCUT2D eigenvalue weighted by Crippen LogP contribution is -2.39. The number of carboxylic acids is 2. The zero-order chi connectivity index (χ0) is 25.7. The third-order valence-corrected chi connectivity index (χ3v) is 7.07. The molecule has 0 radical (unpaired) electrons. The molecule has 0 saturated heterocycles. The molecule has 7 nitrogen and oxygen atoms in total. The number of anilines is 1. The maximum atomic E-state index is 12.7. The van der Waals surface area contributed by atoms with Gasteiger partial charge in [0.15, 0.2) is 0 Å². The SMILES string of the molecule is CCN(c1cccc2ccccc12)C1CCCC(c2ccc(C(=O)N(CC(=O)O)CC(=O)O)cc2)C1. The predicted molar refractivity (Wildman–Crippen MR) is 140 cm³/mol. The molecule has 1 fully saturated rings. The van der Waals surface area contributed by atoms with E-state index in [1.165, 1.54) is 16.5 Å². The highest BCUT2D eigenvalue weighted by Gasteiger charge is 2.28. The minimum atomic E-state index is -1.25. The number of benzene rings is 3. The van der Waals surface area contributed by atoms with Gasteiger partial charge >= 0.3 is 11.9 Å². The molecule has 0 heterocycles. The topological polar surface area (TPSA) is 98.2 Å². The van der Waals surface area contributed by atoms with Crippen LogP contribution in [0.15, 0.2) is 66.7 Å². The third-order valence-electron chi connectivity index (χ3n) is 7.07. The summed E-state index contributed by atoms with van der Waals surface area (Å²) < 4.78 is 0. The Labute approximate surface area is 211 Å². The zero-order valence-corrected chi connectivity index (χ0v) is 20.5. The summed E-state index contributed by atoms with van der Waals surface area (Å²) in [7, 11) is 0. The Morgan fingerprint density at radius 2 is 1.53 bits per heavy atom. The lowest BCUT2D eigenvalue weighted by Gasteiger charge is -2.39. The van der Waals surface area contributed by atoms with Gasteiger partial charge in [0.25, 0.3) is 5.91 Å². The normalized spacial score (nSPS) is 17.5. The van der Waals surface area contributed by atoms with Gasteiger partial charge in [0.05, 0.1) is 0 Å². The van der Waals surface area contributed by atoms with Crippen LogP contribution in [0.4, 0.5) is 5.69 Å². The summed E-state index contributed by atoms with van der Waals surface area (Å²) in [5, 5.41) is 20.6. The number of carboxylic acid groups (broad SMARTS) is 2. The molecule has 0 aliphatic heterocycles. The Morgan fingerprint density at radius 1 is 0.861 bits per heavy atom. The molecule has 2 atom stereocenters. The van der Waals surface area contributed by atoms with Crippen LogP contribution in [0.2, 0.25) is 0 Å².